The van der Waals surface area contributed by atoms with Crippen molar-refractivity contribution in [2.45, 2.75) is 38.5 Å². The molecule has 0 aliphatic rings. The van der Waals surface area contributed by atoms with Crippen LogP contribution in [-0.4, -0.2) is 17.9 Å². The first-order chi connectivity index (χ1) is 9.40. The lowest BCUT2D eigenvalue weighted by Crippen LogP contribution is -2.16. The Hall–Kier alpha value is -1.34. The van der Waals surface area contributed by atoms with Crippen LogP contribution in [0.2, 0.25) is 0 Å². The molecule has 0 N–H and O–H groups in total. The summed E-state index contributed by atoms with van der Waals surface area (Å²) in [6.07, 6.45) is 0.743. The van der Waals surface area contributed by atoms with Crippen LogP contribution in [0.15, 0.2) is 24.3 Å². The van der Waals surface area contributed by atoms with Gasteiger partial charge in [-0.2, -0.15) is 5.26 Å². The molecule has 0 saturated heterocycles. The SMILES string of the molecule is CC(C)(C)c1ccc(C(C#N)C(=O)OCCCBr)cc1. The van der Waals surface area contributed by atoms with Gasteiger partial charge in [-0.1, -0.05) is 61.0 Å². The lowest BCUT2D eigenvalue weighted by molar-refractivity contribution is -0.144. The van der Waals surface area contributed by atoms with E-state index in [-0.39, 0.29) is 5.41 Å². The molecule has 0 spiro atoms. The van der Waals surface area contributed by atoms with Gasteiger partial charge >= 0.3 is 5.97 Å². The number of carbonyl (C=O) groups excluding carboxylic acids is 1. The van der Waals surface area contributed by atoms with E-state index in [2.05, 4.69) is 36.7 Å². The summed E-state index contributed by atoms with van der Waals surface area (Å²) in [5.74, 6) is -1.32. The van der Waals surface area contributed by atoms with E-state index in [9.17, 15) is 10.1 Å². The topological polar surface area (TPSA) is 50.1 Å². The van der Waals surface area contributed by atoms with Gasteiger partial charge in [-0.25, -0.2) is 0 Å². The third kappa shape index (κ3) is 4.64. The molecule has 0 saturated carbocycles. The molecule has 0 bridgehead atoms. The summed E-state index contributed by atoms with van der Waals surface area (Å²) in [7, 11) is 0. The van der Waals surface area contributed by atoms with E-state index in [1.54, 1.807) is 0 Å². The summed E-state index contributed by atoms with van der Waals surface area (Å²) in [5.41, 5.74) is 1.91. The normalized spacial score (nSPS) is 12.6. The van der Waals surface area contributed by atoms with Gasteiger partial charge in [-0.3, -0.25) is 4.79 Å². The minimum Gasteiger partial charge on any atom is -0.464 e. The zero-order chi connectivity index (χ0) is 15.2. The maximum atomic E-state index is 11.9. The number of hydrogen-bond donors (Lipinski definition) is 0. The summed E-state index contributed by atoms with van der Waals surface area (Å²) in [4.78, 5) is 11.9. The Balaban J connectivity index is 2.81. The van der Waals surface area contributed by atoms with Crippen molar-refractivity contribution < 1.29 is 9.53 Å². The Morgan fingerprint density at radius 1 is 1.35 bits per heavy atom. The number of nitriles is 1. The number of benzene rings is 1. The summed E-state index contributed by atoms with van der Waals surface area (Å²) in [6.45, 7) is 6.71. The van der Waals surface area contributed by atoms with Crippen molar-refractivity contribution in [2.75, 3.05) is 11.9 Å². The predicted molar refractivity (Wildman–Crippen MR) is 82.9 cm³/mol. The molecule has 0 heterocycles. The number of alkyl halides is 1. The molecule has 0 fully saturated rings. The molecule has 1 aromatic rings. The van der Waals surface area contributed by atoms with Crippen molar-refractivity contribution in [1.29, 1.82) is 5.26 Å². The molecule has 0 radical (unpaired) electrons. The first-order valence-electron chi connectivity index (χ1n) is 6.63. The van der Waals surface area contributed by atoms with Gasteiger partial charge in [-0.15, -0.1) is 0 Å². The third-order valence-corrected chi connectivity index (χ3v) is 3.56. The molecule has 1 rings (SSSR count). The van der Waals surface area contributed by atoms with E-state index in [0.29, 0.717) is 12.2 Å². The number of esters is 1. The van der Waals surface area contributed by atoms with Crippen molar-refractivity contribution in [1.82, 2.24) is 0 Å². The molecule has 4 heteroatoms. The van der Waals surface area contributed by atoms with E-state index in [4.69, 9.17) is 4.74 Å². The van der Waals surface area contributed by atoms with Crippen LogP contribution in [0.1, 0.15) is 44.2 Å². The Labute approximate surface area is 129 Å². The highest BCUT2D eigenvalue weighted by molar-refractivity contribution is 9.09. The van der Waals surface area contributed by atoms with Crippen molar-refractivity contribution in [3.63, 3.8) is 0 Å². The number of hydrogen-bond acceptors (Lipinski definition) is 3. The second-order valence-corrected chi connectivity index (χ2v) is 6.44. The Morgan fingerprint density at radius 3 is 2.40 bits per heavy atom. The zero-order valence-electron chi connectivity index (χ0n) is 12.1. The highest BCUT2D eigenvalue weighted by Gasteiger charge is 2.22. The molecule has 108 valence electrons. The van der Waals surface area contributed by atoms with Gasteiger partial charge in [0, 0.05) is 5.33 Å². The zero-order valence-corrected chi connectivity index (χ0v) is 13.7. The van der Waals surface area contributed by atoms with Gasteiger partial charge in [-0.05, 0) is 23.0 Å². The largest absolute Gasteiger partial charge is 0.464 e. The lowest BCUT2D eigenvalue weighted by atomic mass is 9.86. The Kier molecular flexibility index (Phi) is 6.22. The smallest absolute Gasteiger partial charge is 0.327 e. The molecule has 1 atom stereocenters. The molecule has 0 aliphatic heterocycles. The molecule has 3 nitrogen and oxygen atoms in total. The third-order valence-electron chi connectivity index (χ3n) is 3.00. The summed E-state index contributed by atoms with van der Waals surface area (Å²) in [6, 6.07) is 9.61. The van der Waals surface area contributed by atoms with Crippen molar-refractivity contribution in [3.05, 3.63) is 35.4 Å². The van der Waals surface area contributed by atoms with Gasteiger partial charge in [0.25, 0.3) is 0 Å². The molecule has 0 amide bonds. The predicted octanol–water partition coefficient (Wildman–Crippen LogP) is 3.92. The summed E-state index contributed by atoms with van der Waals surface area (Å²) in [5, 5.41) is 9.95. The number of ether oxygens (including phenoxy) is 1. The second kappa shape index (κ2) is 7.44. The van der Waals surface area contributed by atoms with Crippen LogP contribution in [-0.2, 0) is 14.9 Å². The Morgan fingerprint density at radius 2 is 1.95 bits per heavy atom. The number of carbonyl (C=O) groups is 1. The fraction of sp³-hybridized carbons (Fsp3) is 0.500. The maximum Gasteiger partial charge on any atom is 0.327 e. The minimum atomic E-state index is -0.848. The van der Waals surface area contributed by atoms with E-state index in [1.165, 1.54) is 5.56 Å². The van der Waals surface area contributed by atoms with Crippen LogP contribution in [0.5, 0.6) is 0 Å². The molecule has 20 heavy (non-hydrogen) atoms. The van der Waals surface area contributed by atoms with Gasteiger partial charge in [0.15, 0.2) is 5.92 Å². The first kappa shape index (κ1) is 16.7. The fourth-order valence-electron chi connectivity index (χ4n) is 1.75. The Bertz CT molecular complexity index is 483. The molecule has 1 unspecified atom stereocenters. The van der Waals surface area contributed by atoms with Crippen LogP contribution >= 0.6 is 15.9 Å². The van der Waals surface area contributed by atoms with E-state index in [1.807, 2.05) is 30.3 Å². The summed E-state index contributed by atoms with van der Waals surface area (Å²) < 4.78 is 5.10. The van der Waals surface area contributed by atoms with Crippen LogP contribution in [0, 0.1) is 11.3 Å². The van der Waals surface area contributed by atoms with E-state index < -0.39 is 11.9 Å². The number of nitrogens with zero attached hydrogens (tertiary/aromatic N) is 1. The van der Waals surface area contributed by atoms with Crippen LogP contribution in [0.4, 0.5) is 0 Å². The second-order valence-electron chi connectivity index (χ2n) is 5.64. The van der Waals surface area contributed by atoms with Crippen molar-refractivity contribution in [2.24, 2.45) is 0 Å². The molecular weight excluding hydrogens is 318 g/mol. The van der Waals surface area contributed by atoms with Crippen molar-refractivity contribution >= 4 is 21.9 Å². The van der Waals surface area contributed by atoms with Gasteiger partial charge in [0.05, 0.1) is 12.7 Å². The van der Waals surface area contributed by atoms with Crippen LogP contribution < -0.4 is 0 Å². The highest BCUT2D eigenvalue weighted by Crippen LogP contribution is 2.25. The number of rotatable bonds is 5. The average Bonchev–Trinajstić information content (AvgIpc) is 2.39. The van der Waals surface area contributed by atoms with Gasteiger partial charge < -0.3 is 4.74 Å². The fourth-order valence-corrected chi connectivity index (χ4v) is 1.98. The quantitative estimate of drug-likeness (QED) is 0.464. The van der Waals surface area contributed by atoms with Gasteiger partial charge in [0.2, 0.25) is 0 Å². The van der Waals surface area contributed by atoms with Gasteiger partial charge in [0.1, 0.15) is 0 Å². The lowest BCUT2D eigenvalue weighted by Gasteiger charge is -2.19. The molecule has 0 aliphatic carbocycles. The van der Waals surface area contributed by atoms with Crippen LogP contribution in [0.3, 0.4) is 0 Å². The molecular formula is C16H20BrNO2. The maximum absolute atomic E-state index is 11.9. The monoisotopic (exact) mass is 337 g/mol. The summed E-state index contributed by atoms with van der Waals surface area (Å²) >= 11 is 3.27. The standard InChI is InChI=1S/C16H20BrNO2/c1-16(2,3)13-7-5-12(6-8-13)14(11-18)15(19)20-10-4-9-17/h5-8,14H,4,9-10H2,1-3H3. The minimum absolute atomic E-state index is 0.0526. The van der Waals surface area contributed by atoms with Crippen LogP contribution in [0.25, 0.3) is 0 Å². The highest BCUT2D eigenvalue weighted by atomic mass is 79.9. The molecule has 0 aromatic heterocycles. The van der Waals surface area contributed by atoms with Crippen molar-refractivity contribution in [3.8, 4) is 6.07 Å². The first-order valence-corrected chi connectivity index (χ1v) is 7.75. The molecule has 1 aromatic carbocycles. The average molecular weight is 338 g/mol. The van der Waals surface area contributed by atoms with E-state index in [0.717, 1.165) is 11.8 Å². The number of halogens is 1. The van der Waals surface area contributed by atoms with E-state index >= 15 is 0 Å².